The second kappa shape index (κ2) is 5.40. The van der Waals surface area contributed by atoms with Gasteiger partial charge >= 0.3 is 5.97 Å². The number of benzene rings is 1. The van der Waals surface area contributed by atoms with Crippen molar-refractivity contribution in [3.8, 4) is 0 Å². The van der Waals surface area contributed by atoms with Crippen molar-refractivity contribution in [1.82, 2.24) is 15.1 Å². The smallest absolute Gasteiger partial charge is 0.323 e. The summed E-state index contributed by atoms with van der Waals surface area (Å²) in [7, 11) is 5.10. The molecule has 1 unspecified atom stereocenters. The van der Waals surface area contributed by atoms with E-state index < -0.39 is 0 Å². The normalized spacial score (nSPS) is 12.6. The molecule has 2 aromatic rings. The second-order valence-corrected chi connectivity index (χ2v) is 4.69. The van der Waals surface area contributed by atoms with Crippen LogP contribution in [-0.2, 0) is 23.0 Å². The summed E-state index contributed by atoms with van der Waals surface area (Å²) in [6.07, 6.45) is 2.45. The number of aromatic nitrogens is 2. The maximum absolute atomic E-state index is 11.6. The van der Waals surface area contributed by atoms with E-state index >= 15 is 0 Å². The van der Waals surface area contributed by atoms with Gasteiger partial charge in [-0.25, -0.2) is 0 Å². The van der Waals surface area contributed by atoms with E-state index in [0.717, 1.165) is 22.0 Å². The van der Waals surface area contributed by atoms with Crippen molar-refractivity contribution in [3.63, 3.8) is 0 Å². The van der Waals surface area contributed by atoms with Crippen LogP contribution in [0.5, 0.6) is 0 Å². The summed E-state index contributed by atoms with van der Waals surface area (Å²) < 4.78 is 6.64. The zero-order valence-corrected chi connectivity index (χ0v) is 11.7. The first-order chi connectivity index (χ1) is 9.06. The molecule has 5 heteroatoms. The van der Waals surface area contributed by atoms with Crippen LogP contribution in [0.2, 0.25) is 0 Å². The van der Waals surface area contributed by atoms with Crippen molar-refractivity contribution < 1.29 is 9.53 Å². The molecule has 0 spiro atoms. The molecule has 0 bridgehead atoms. The van der Waals surface area contributed by atoms with Gasteiger partial charge < -0.3 is 10.1 Å². The van der Waals surface area contributed by atoms with Gasteiger partial charge in [0.25, 0.3) is 0 Å². The van der Waals surface area contributed by atoms with Gasteiger partial charge in [-0.1, -0.05) is 6.07 Å². The molecule has 1 atom stereocenters. The predicted molar refractivity (Wildman–Crippen MR) is 74.0 cm³/mol. The Labute approximate surface area is 112 Å². The fourth-order valence-electron chi connectivity index (χ4n) is 2.43. The first-order valence-electron chi connectivity index (χ1n) is 6.23. The van der Waals surface area contributed by atoms with Gasteiger partial charge in [-0.05, 0) is 37.6 Å². The first-order valence-corrected chi connectivity index (χ1v) is 6.23. The third kappa shape index (κ3) is 2.61. The van der Waals surface area contributed by atoms with Crippen molar-refractivity contribution >= 4 is 16.9 Å². The Hall–Kier alpha value is -1.88. The molecule has 0 aliphatic carbocycles. The molecule has 1 N–H and O–H groups in total. The average Bonchev–Trinajstić information content (AvgIpc) is 2.77. The number of hydrogen-bond acceptors (Lipinski definition) is 4. The lowest BCUT2D eigenvalue weighted by Gasteiger charge is -2.14. The van der Waals surface area contributed by atoms with Crippen molar-refractivity contribution in [3.05, 3.63) is 29.5 Å². The molecule has 0 aliphatic heterocycles. The fraction of sp³-hybridized carbons (Fsp3) is 0.429. The van der Waals surface area contributed by atoms with Crippen LogP contribution in [-0.4, -0.2) is 35.9 Å². The molecular weight excluding hydrogens is 242 g/mol. The van der Waals surface area contributed by atoms with Crippen LogP contribution in [0.25, 0.3) is 10.9 Å². The molecule has 0 aliphatic rings. The van der Waals surface area contributed by atoms with E-state index in [2.05, 4.69) is 29.5 Å². The predicted octanol–water partition coefficient (Wildman–Crippen LogP) is 1.19. The molecule has 0 amide bonds. The van der Waals surface area contributed by atoms with E-state index in [1.165, 1.54) is 7.11 Å². The van der Waals surface area contributed by atoms with Gasteiger partial charge in [0, 0.05) is 12.4 Å². The van der Waals surface area contributed by atoms with Crippen LogP contribution >= 0.6 is 0 Å². The number of aryl methyl sites for hydroxylation is 2. The van der Waals surface area contributed by atoms with Gasteiger partial charge in [0.1, 0.15) is 6.04 Å². The maximum atomic E-state index is 11.6. The summed E-state index contributed by atoms with van der Waals surface area (Å²) in [5, 5.41) is 8.33. The largest absolute Gasteiger partial charge is 0.468 e. The number of carbonyl (C=O) groups excluding carboxylic acids is 1. The highest BCUT2D eigenvalue weighted by molar-refractivity contribution is 5.83. The maximum Gasteiger partial charge on any atom is 0.323 e. The number of rotatable bonds is 4. The SMILES string of the molecule is CNC(Cc1cc(C)c2c(cnn2C)c1)C(=O)OC. The number of carbonyl (C=O) groups is 1. The first kappa shape index (κ1) is 13.5. The van der Waals surface area contributed by atoms with Crippen LogP contribution in [0, 0.1) is 6.92 Å². The Kier molecular flexibility index (Phi) is 3.85. The number of esters is 1. The average molecular weight is 261 g/mol. The quantitative estimate of drug-likeness (QED) is 0.840. The molecule has 0 fully saturated rings. The fourth-order valence-corrected chi connectivity index (χ4v) is 2.43. The van der Waals surface area contributed by atoms with Crippen molar-refractivity contribution in [2.45, 2.75) is 19.4 Å². The molecule has 0 radical (unpaired) electrons. The van der Waals surface area contributed by atoms with E-state index in [0.29, 0.717) is 6.42 Å². The Morgan fingerprint density at radius 3 is 2.89 bits per heavy atom. The Morgan fingerprint density at radius 1 is 1.53 bits per heavy atom. The van der Waals surface area contributed by atoms with Gasteiger partial charge in [0.15, 0.2) is 0 Å². The summed E-state index contributed by atoms with van der Waals surface area (Å²) >= 11 is 0. The monoisotopic (exact) mass is 261 g/mol. The number of likely N-dealkylation sites (N-methyl/N-ethyl adjacent to an activating group) is 1. The highest BCUT2D eigenvalue weighted by atomic mass is 16.5. The third-order valence-corrected chi connectivity index (χ3v) is 3.36. The molecule has 1 heterocycles. The van der Waals surface area contributed by atoms with Crippen LogP contribution in [0.3, 0.4) is 0 Å². The number of ether oxygens (including phenoxy) is 1. The number of methoxy groups -OCH3 is 1. The molecular formula is C14H19N3O2. The molecule has 5 nitrogen and oxygen atoms in total. The van der Waals surface area contributed by atoms with Gasteiger partial charge in [-0.15, -0.1) is 0 Å². The summed E-state index contributed by atoms with van der Waals surface area (Å²) in [4.78, 5) is 11.6. The number of fused-ring (bicyclic) bond motifs is 1. The van der Waals surface area contributed by atoms with Crippen molar-refractivity contribution in [2.75, 3.05) is 14.2 Å². The van der Waals surface area contributed by atoms with Crippen molar-refractivity contribution in [1.29, 1.82) is 0 Å². The Bertz CT molecular complexity index is 604. The molecule has 1 aromatic heterocycles. The zero-order valence-electron chi connectivity index (χ0n) is 11.7. The van der Waals surface area contributed by atoms with Gasteiger partial charge in [-0.3, -0.25) is 9.48 Å². The minimum atomic E-state index is -0.321. The van der Waals surface area contributed by atoms with E-state index in [4.69, 9.17) is 4.74 Å². The van der Waals surface area contributed by atoms with Gasteiger partial charge in [0.05, 0.1) is 18.8 Å². The van der Waals surface area contributed by atoms with Gasteiger partial charge in [0.2, 0.25) is 0 Å². The van der Waals surface area contributed by atoms with E-state index in [1.807, 2.05) is 17.9 Å². The van der Waals surface area contributed by atoms with Crippen LogP contribution in [0.1, 0.15) is 11.1 Å². The lowest BCUT2D eigenvalue weighted by molar-refractivity contribution is -0.142. The van der Waals surface area contributed by atoms with E-state index in [-0.39, 0.29) is 12.0 Å². The molecule has 1 aromatic carbocycles. The molecule has 2 rings (SSSR count). The van der Waals surface area contributed by atoms with Crippen LogP contribution < -0.4 is 5.32 Å². The summed E-state index contributed by atoms with van der Waals surface area (Å²) in [5.41, 5.74) is 3.39. The van der Waals surface area contributed by atoms with Gasteiger partial charge in [-0.2, -0.15) is 5.10 Å². The summed E-state index contributed by atoms with van der Waals surface area (Å²) in [6, 6.07) is 3.85. The van der Waals surface area contributed by atoms with Crippen LogP contribution in [0.4, 0.5) is 0 Å². The minimum Gasteiger partial charge on any atom is -0.468 e. The Balaban J connectivity index is 2.33. The third-order valence-electron chi connectivity index (χ3n) is 3.36. The molecule has 0 saturated carbocycles. The van der Waals surface area contributed by atoms with E-state index in [1.54, 1.807) is 7.05 Å². The minimum absolute atomic E-state index is 0.244. The lowest BCUT2D eigenvalue weighted by atomic mass is 10.0. The lowest BCUT2D eigenvalue weighted by Crippen LogP contribution is -2.36. The topological polar surface area (TPSA) is 56.2 Å². The van der Waals surface area contributed by atoms with Crippen LogP contribution in [0.15, 0.2) is 18.3 Å². The van der Waals surface area contributed by atoms with Crippen molar-refractivity contribution in [2.24, 2.45) is 7.05 Å². The summed E-state index contributed by atoms with van der Waals surface area (Å²) in [6.45, 7) is 2.06. The standard InChI is InChI=1S/C14H19N3O2/c1-9-5-10(7-12(15-2)14(18)19-4)6-11-8-16-17(3)13(9)11/h5-6,8,12,15H,7H2,1-4H3. The molecule has 102 valence electrons. The highest BCUT2D eigenvalue weighted by Gasteiger charge is 2.18. The number of nitrogens with zero attached hydrogens (tertiary/aromatic N) is 2. The zero-order chi connectivity index (χ0) is 14.0. The highest BCUT2D eigenvalue weighted by Crippen LogP contribution is 2.20. The number of nitrogens with one attached hydrogen (secondary N) is 1. The van der Waals surface area contributed by atoms with E-state index in [9.17, 15) is 4.79 Å². The summed E-state index contributed by atoms with van der Waals surface area (Å²) in [5.74, 6) is -0.244. The number of hydrogen-bond donors (Lipinski definition) is 1. The second-order valence-electron chi connectivity index (χ2n) is 4.69. The molecule has 0 saturated heterocycles. The Morgan fingerprint density at radius 2 is 2.26 bits per heavy atom. The molecule has 19 heavy (non-hydrogen) atoms.